The van der Waals surface area contributed by atoms with Crippen LogP contribution in [0.1, 0.15) is 32.6 Å². The molecule has 3 aromatic carbocycles. The molecule has 2 heterocycles. The minimum Gasteiger partial charge on any atom is -0.408 e. The van der Waals surface area contributed by atoms with E-state index in [9.17, 15) is 4.79 Å². The van der Waals surface area contributed by atoms with Crippen molar-refractivity contribution >= 4 is 45.0 Å². The molecule has 9 nitrogen and oxygen atoms in total. The third kappa shape index (κ3) is 6.62. The van der Waals surface area contributed by atoms with E-state index in [-0.39, 0.29) is 5.91 Å². The van der Waals surface area contributed by atoms with E-state index in [0.29, 0.717) is 17.8 Å². The molecule has 2 aliphatic rings. The van der Waals surface area contributed by atoms with E-state index in [1.54, 1.807) is 6.92 Å². The minimum atomic E-state index is 0.135. The third-order valence-electron chi connectivity index (χ3n) is 9.02. The Bertz CT molecular complexity index is 1560. The smallest absolute Gasteiger partial charge is 0.225 e. The van der Waals surface area contributed by atoms with Gasteiger partial charge in [0.1, 0.15) is 5.82 Å². The molecule has 0 atom stereocenters. The van der Waals surface area contributed by atoms with Crippen LogP contribution in [0.4, 0.5) is 17.5 Å². The zero-order chi connectivity index (χ0) is 29.8. The lowest BCUT2D eigenvalue weighted by Crippen LogP contribution is -2.48. The summed E-state index contributed by atoms with van der Waals surface area (Å²) in [6.07, 6.45) is 4.70. The van der Waals surface area contributed by atoms with Crippen molar-refractivity contribution in [3.05, 3.63) is 60.7 Å². The fourth-order valence-corrected chi connectivity index (χ4v) is 6.47. The first-order valence-corrected chi connectivity index (χ1v) is 15.6. The molecule has 1 aromatic heterocycles. The molecule has 0 unspecified atom stereocenters. The Labute approximate surface area is 254 Å². The van der Waals surface area contributed by atoms with E-state index in [2.05, 4.69) is 77.2 Å². The molecule has 1 amide bonds. The second-order valence-corrected chi connectivity index (χ2v) is 12.1. The van der Waals surface area contributed by atoms with Crippen molar-refractivity contribution in [3.63, 3.8) is 0 Å². The molecule has 0 spiro atoms. The van der Waals surface area contributed by atoms with Crippen LogP contribution in [-0.2, 0) is 4.79 Å². The molecule has 4 aromatic rings. The number of nitrogens with one attached hydrogen (secondary N) is 2. The molecule has 9 heteroatoms. The number of carbonyl (C=O) groups is 1. The zero-order valence-corrected chi connectivity index (χ0v) is 25.6. The standard InChI is InChI=1S/C34H43N7O2/c1-24(42)40-18-20-41(21-19-40)33-29-8-4-5-11-30(29)37-34(38-33)35-22-25-14-16-26(17-15-25)23-36-43-32-13-7-9-27-28(32)10-6-12-31(27)39(2)3/h4-13,25-26,36H,14-23H2,1-3H3,(H,35,37,38). The third-order valence-corrected chi connectivity index (χ3v) is 9.02. The van der Waals surface area contributed by atoms with Gasteiger partial charge in [-0.15, -0.1) is 0 Å². The van der Waals surface area contributed by atoms with Gasteiger partial charge < -0.3 is 24.9 Å². The van der Waals surface area contributed by atoms with E-state index < -0.39 is 0 Å². The highest BCUT2D eigenvalue weighted by molar-refractivity contribution is 5.98. The molecule has 6 rings (SSSR count). The Kier molecular flexibility index (Phi) is 8.79. The second-order valence-electron chi connectivity index (χ2n) is 12.1. The predicted molar refractivity (Wildman–Crippen MR) is 175 cm³/mol. The van der Waals surface area contributed by atoms with Crippen LogP contribution in [0.5, 0.6) is 5.75 Å². The van der Waals surface area contributed by atoms with Crippen LogP contribution in [0, 0.1) is 11.8 Å². The maximum absolute atomic E-state index is 11.8. The van der Waals surface area contributed by atoms with Gasteiger partial charge in [0.05, 0.1) is 5.52 Å². The Hall–Kier alpha value is -4.11. The van der Waals surface area contributed by atoms with Crippen molar-refractivity contribution < 1.29 is 9.63 Å². The average molecular weight is 582 g/mol. The molecule has 2 fully saturated rings. The molecular weight excluding hydrogens is 538 g/mol. The quantitative estimate of drug-likeness (QED) is 0.257. The number of amides is 1. The number of nitrogens with zero attached hydrogens (tertiary/aromatic N) is 5. The summed E-state index contributed by atoms with van der Waals surface area (Å²) in [5.41, 5.74) is 5.41. The van der Waals surface area contributed by atoms with Crippen molar-refractivity contribution in [2.45, 2.75) is 32.6 Å². The lowest BCUT2D eigenvalue weighted by molar-refractivity contribution is -0.129. The van der Waals surface area contributed by atoms with Crippen LogP contribution in [0.25, 0.3) is 21.7 Å². The van der Waals surface area contributed by atoms with Crippen molar-refractivity contribution in [2.24, 2.45) is 11.8 Å². The van der Waals surface area contributed by atoms with Gasteiger partial charge in [0.25, 0.3) is 0 Å². The maximum atomic E-state index is 11.8. The topological polar surface area (TPSA) is 85.9 Å². The van der Waals surface area contributed by atoms with Gasteiger partial charge >= 0.3 is 0 Å². The average Bonchev–Trinajstić information content (AvgIpc) is 3.03. The molecule has 1 saturated carbocycles. The number of carbonyl (C=O) groups excluding carboxylic acids is 1. The highest BCUT2D eigenvalue weighted by atomic mass is 16.6. The highest BCUT2D eigenvalue weighted by Gasteiger charge is 2.24. The summed E-state index contributed by atoms with van der Waals surface area (Å²) in [4.78, 5) is 34.0. The van der Waals surface area contributed by atoms with Gasteiger partial charge in [-0.25, -0.2) is 4.98 Å². The minimum absolute atomic E-state index is 0.135. The van der Waals surface area contributed by atoms with Gasteiger partial charge in [0.2, 0.25) is 11.9 Å². The number of benzene rings is 3. The summed E-state index contributed by atoms with van der Waals surface area (Å²) in [7, 11) is 4.14. The Balaban J connectivity index is 1.01. The van der Waals surface area contributed by atoms with E-state index in [1.165, 1.54) is 36.8 Å². The monoisotopic (exact) mass is 581 g/mol. The summed E-state index contributed by atoms with van der Waals surface area (Å²) < 4.78 is 0. The van der Waals surface area contributed by atoms with E-state index in [1.807, 2.05) is 23.1 Å². The molecule has 2 N–H and O–H groups in total. The van der Waals surface area contributed by atoms with Gasteiger partial charge in [-0.2, -0.15) is 10.5 Å². The van der Waals surface area contributed by atoms with Gasteiger partial charge in [0, 0.05) is 82.1 Å². The number of aromatic nitrogens is 2. The number of rotatable bonds is 9. The van der Waals surface area contributed by atoms with Crippen LogP contribution in [0.2, 0.25) is 0 Å². The number of fused-ring (bicyclic) bond motifs is 2. The SMILES string of the molecule is CC(=O)N1CCN(c2nc(NCC3CCC(CNOc4cccc5c(N(C)C)cccc45)CC3)nc3ccccc23)CC1. The normalized spacial score (nSPS) is 19.0. The van der Waals surface area contributed by atoms with Crippen LogP contribution in [0.15, 0.2) is 60.7 Å². The fourth-order valence-electron chi connectivity index (χ4n) is 6.47. The van der Waals surface area contributed by atoms with Crippen molar-refractivity contribution in [1.82, 2.24) is 20.3 Å². The molecule has 0 radical (unpaired) electrons. The lowest BCUT2D eigenvalue weighted by atomic mass is 9.82. The summed E-state index contributed by atoms with van der Waals surface area (Å²) in [5.74, 6) is 3.84. The van der Waals surface area contributed by atoms with Crippen molar-refractivity contribution in [3.8, 4) is 5.75 Å². The van der Waals surface area contributed by atoms with Gasteiger partial charge in [-0.1, -0.05) is 36.4 Å². The first-order valence-electron chi connectivity index (χ1n) is 15.6. The second kappa shape index (κ2) is 13.0. The van der Waals surface area contributed by atoms with Crippen molar-refractivity contribution in [2.75, 3.05) is 68.5 Å². The predicted octanol–water partition coefficient (Wildman–Crippen LogP) is 5.32. The van der Waals surface area contributed by atoms with E-state index in [4.69, 9.17) is 14.8 Å². The Morgan fingerprint density at radius 3 is 2.26 bits per heavy atom. The largest absolute Gasteiger partial charge is 0.408 e. The summed E-state index contributed by atoms with van der Waals surface area (Å²) in [5, 5.41) is 6.93. The Morgan fingerprint density at radius 2 is 1.51 bits per heavy atom. The lowest BCUT2D eigenvalue weighted by Gasteiger charge is -2.35. The fraction of sp³-hybridized carbons (Fsp3) is 0.441. The number of hydroxylamine groups is 1. The number of piperazine rings is 1. The van der Waals surface area contributed by atoms with Gasteiger partial charge in [-0.3, -0.25) is 4.79 Å². The first-order chi connectivity index (χ1) is 21.0. The number of para-hydroxylation sites is 1. The maximum Gasteiger partial charge on any atom is 0.225 e. The van der Waals surface area contributed by atoms with Crippen molar-refractivity contribution in [1.29, 1.82) is 0 Å². The van der Waals surface area contributed by atoms with Gasteiger partial charge in [0.15, 0.2) is 5.75 Å². The molecule has 1 aliphatic heterocycles. The number of hydrogen-bond acceptors (Lipinski definition) is 8. The summed E-state index contributed by atoms with van der Waals surface area (Å²) >= 11 is 0. The molecular formula is C34H43N7O2. The summed E-state index contributed by atoms with van der Waals surface area (Å²) in [6, 6.07) is 20.8. The molecule has 1 aliphatic carbocycles. The number of hydrogen-bond donors (Lipinski definition) is 2. The number of anilines is 3. The first kappa shape index (κ1) is 29.0. The molecule has 43 heavy (non-hydrogen) atoms. The van der Waals surface area contributed by atoms with E-state index >= 15 is 0 Å². The molecule has 0 bridgehead atoms. The molecule has 226 valence electrons. The van der Waals surface area contributed by atoms with Crippen LogP contribution in [0.3, 0.4) is 0 Å². The van der Waals surface area contributed by atoms with E-state index in [0.717, 1.165) is 67.1 Å². The molecule has 1 saturated heterocycles. The van der Waals surface area contributed by atoms with Crippen LogP contribution in [-0.4, -0.2) is 74.1 Å². The zero-order valence-electron chi connectivity index (χ0n) is 25.6. The summed E-state index contributed by atoms with van der Waals surface area (Å²) in [6.45, 7) is 6.36. The van der Waals surface area contributed by atoms with Gasteiger partial charge in [-0.05, 0) is 61.8 Å². The Morgan fingerprint density at radius 1 is 0.837 bits per heavy atom. The van der Waals surface area contributed by atoms with Crippen LogP contribution >= 0.6 is 0 Å². The van der Waals surface area contributed by atoms with Crippen LogP contribution < -0.4 is 25.4 Å². The highest BCUT2D eigenvalue weighted by Crippen LogP contribution is 2.33.